The summed E-state index contributed by atoms with van der Waals surface area (Å²) in [6.07, 6.45) is 2.43. The number of nitrogens with two attached hydrogens (primary N) is 2. The largest absolute Gasteiger partial charge is 0.444 e. The van der Waals surface area contributed by atoms with Gasteiger partial charge >= 0.3 is 0 Å². The number of hydrogen-bond acceptors (Lipinski definition) is 6. The number of anilines is 2. The average Bonchev–Trinajstić information content (AvgIpc) is 2.86. The molecule has 21 heavy (non-hydrogen) atoms. The molecule has 0 aliphatic heterocycles. The number of aryl methyl sites for hydroxylation is 1. The Morgan fingerprint density at radius 2 is 2.10 bits per heavy atom. The van der Waals surface area contributed by atoms with E-state index in [2.05, 4.69) is 10.3 Å². The molecule has 0 spiro atoms. The fourth-order valence-electron chi connectivity index (χ4n) is 1.95. The average molecular weight is 310 g/mol. The summed E-state index contributed by atoms with van der Waals surface area (Å²) in [7, 11) is -3.82. The van der Waals surface area contributed by atoms with E-state index in [1.54, 1.807) is 19.2 Å². The normalized spacial score (nSPS) is 11.6. The number of aromatic nitrogens is 1. The third kappa shape index (κ3) is 3.53. The van der Waals surface area contributed by atoms with Crippen molar-refractivity contribution in [3.63, 3.8) is 0 Å². The number of benzene rings is 1. The first-order valence-electron chi connectivity index (χ1n) is 6.41. The number of sulfonamides is 1. The lowest BCUT2D eigenvalue weighted by Gasteiger charge is -2.12. The van der Waals surface area contributed by atoms with Crippen molar-refractivity contribution in [2.24, 2.45) is 5.14 Å². The summed E-state index contributed by atoms with van der Waals surface area (Å²) < 4.78 is 28.6. The lowest BCUT2D eigenvalue weighted by atomic mass is 10.2. The number of nitrogen functional groups attached to an aromatic ring is 1. The summed E-state index contributed by atoms with van der Waals surface area (Å²) in [6.45, 7) is 3.96. The Morgan fingerprint density at radius 3 is 2.67 bits per heavy atom. The van der Waals surface area contributed by atoms with Gasteiger partial charge in [0.05, 0.1) is 17.6 Å². The molecule has 0 aliphatic rings. The van der Waals surface area contributed by atoms with Gasteiger partial charge in [0.25, 0.3) is 0 Å². The number of hydrogen-bond donors (Lipinski definition) is 3. The second-order valence-electron chi connectivity index (χ2n) is 4.66. The van der Waals surface area contributed by atoms with Gasteiger partial charge in [0.15, 0.2) is 0 Å². The number of nitrogens with zero attached hydrogens (tertiary/aromatic N) is 1. The van der Waals surface area contributed by atoms with Gasteiger partial charge in [-0.15, -0.1) is 0 Å². The Kier molecular flexibility index (Phi) is 4.19. The minimum absolute atomic E-state index is 0.00616. The van der Waals surface area contributed by atoms with E-state index in [0.29, 0.717) is 29.4 Å². The van der Waals surface area contributed by atoms with Crippen molar-refractivity contribution in [2.45, 2.75) is 31.7 Å². The van der Waals surface area contributed by atoms with Gasteiger partial charge in [0.1, 0.15) is 5.76 Å². The van der Waals surface area contributed by atoms with E-state index < -0.39 is 10.0 Å². The molecule has 0 unspecified atom stereocenters. The van der Waals surface area contributed by atoms with E-state index in [9.17, 15) is 8.42 Å². The maximum absolute atomic E-state index is 11.5. The predicted molar refractivity (Wildman–Crippen MR) is 80.2 cm³/mol. The third-order valence-electron chi connectivity index (χ3n) is 3.07. The molecule has 1 aromatic heterocycles. The highest BCUT2D eigenvalue weighted by Gasteiger charge is 2.15. The lowest BCUT2D eigenvalue weighted by molar-refractivity contribution is 0.466. The van der Waals surface area contributed by atoms with Crippen molar-refractivity contribution >= 4 is 21.4 Å². The Labute approximate surface area is 123 Å². The second kappa shape index (κ2) is 5.74. The molecule has 2 aromatic rings. The predicted octanol–water partition coefficient (Wildman–Crippen LogP) is 1.39. The molecule has 0 fully saturated rings. The summed E-state index contributed by atoms with van der Waals surface area (Å²) in [5.41, 5.74) is 7.12. The number of rotatable bonds is 5. The fraction of sp³-hybridized carbons (Fsp3) is 0.308. The molecular weight excluding hydrogens is 292 g/mol. The molecule has 1 heterocycles. The Morgan fingerprint density at radius 1 is 1.38 bits per heavy atom. The molecule has 0 radical (unpaired) electrons. The highest BCUT2D eigenvalue weighted by molar-refractivity contribution is 7.89. The maximum atomic E-state index is 11.5. The van der Waals surface area contributed by atoms with Gasteiger partial charge in [-0.3, -0.25) is 0 Å². The van der Waals surface area contributed by atoms with Gasteiger partial charge in [-0.1, -0.05) is 6.92 Å². The Balaban J connectivity index is 2.26. The van der Waals surface area contributed by atoms with Gasteiger partial charge in [0.2, 0.25) is 15.9 Å². The quantitative estimate of drug-likeness (QED) is 0.717. The first-order chi connectivity index (χ1) is 9.81. The fourth-order valence-corrected chi connectivity index (χ4v) is 2.79. The molecule has 0 amide bonds. The van der Waals surface area contributed by atoms with E-state index >= 15 is 0 Å². The zero-order chi connectivity index (χ0) is 15.6. The number of oxazole rings is 1. The van der Waals surface area contributed by atoms with Gasteiger partial charge in [0, 0.05) is 17.8 Å². The van der Waals surface area contributed by atoms with Crippen LogP contribution >= 0.6 is 0 Å². The molecular formula is C13H18N4O3S. The number of nitrogens with one attached hydrogen (secondary N) is 1. The van der Waals surface area contributed by atoms with E-state index in [1.165, 1.54) is 6.07 Å². The highest BCUT2D eigenvalue weighted by atomic mass is 32.2. The van der Waals surface area contributed by atoms with Crippen molar-refractivity contribution in [3.8, 4) is 0 Å². The monoisotopic (exact) mass is 310 g/mol. The van der Waals surface area contributed by atoms with Crippen LogP contribution in [0.2, 0.25) is 0 Å². The van der Waals surface area contributed by atoms with E-state index in [1.807, 2.05) is 6.92 Å². The summed E-state index contributed by atoms with van der Waals surface area (Å²) >= 11 is 0. The van der Waals surface area contributed by atoms with Crippen LogP contribution < -0.4 is 16.2 Å². The number of primary sulfonamides is 1. The van der Waals surface area contributed by atoms with Crippen molar-refractivity contribution in [3.05, 3.63) is 35.5 Å². The Hall–Kier alpha value is -2.06. The maximum Gasteiger partial charge on any atom is 0.238 e. The first-order valence-corrected chi connectivity index (χ1v) is 7.96. The SMILES string of the molecule is CCc1cnc(CNc2cc(N)cc(S(N)(=O)=O)c2C)o1. The molecule has 8 heteroatoms. The molecule has 114 valence electrons. The molecule has 5 N–H and O–H groups in total. The molecule has 0 aliphatic carbocycles. The van der Waals surface area contributed by atoms with Crippen LogP contribution in [0.15, 0.2) is 27.6 Å². The molecule has 0 saturated carbocycles. The molecule has 1 aromatic carbocycles. The summed E-state index contributed by atoms with van der Waals surface area (Å²) in [5, 5.41) is 8.25. The van der Waals surface area contributed by atoms with Crippen LogP contribution in [-0.4, -0.2) is 13.4 Å². The second-order valence-corrected chi connectivity index (χ2v) is 6.19. The molecule has 0 saturated heterocycles. The highest BCUT2D eigenvalue weighted by Crippen LogP contribution is 2.26. The van der Waals surface area contributed by atoms with Gasteiger partial charge in [-0.05, 0) is 24.6 Å². The molecule has 2 rings (SSSR count). The van der Waals surface area contributed by atoms with Crippen LogP contribution in [0.3, 0.4) is 0 Å². The standard InChI is InChI=1S/C13H18N4O3S/c1-3-10-6-17-13(20-10)7-16-11-4-9(14)5-12(8(11)2)21(15,18)19/h4-6,16H,3,7,14H2,1-2H3,(H2,15,18,19). The van der Waals surface area contributed by atoms with Crippen LogP contribution in [0.25, 0.3) is 0 Å². The van der Waals surface area contributed by atoms with Crippen LogP contribution in [-0.2, 0) is 23.0 Å². The minimum Gasteiger partial charge on any atom is -0.444 e. The third-order valence-corrected chi connectivity index (χ3v) is 4.11. The van der Waals surface area contributed by atoms with Gasteiger partial charge < -0.3 is 15.5 Å². The summed E-state index contributed by atoms with van der Waals surface area (Å²) in [4.78, 5) is 4.13. The zero-order valence-corrected chi connectivity index (χ0v) is 12.7. The summed E-state index contributed by atoms with van der Waals surface area (Å²) in [6, 6.07) is 2.99. The van der Waals surface area contributed by atoms with E-state index in [4.69, 9.17) is 15.3 Å². The molecule has 7 nitrogen and oxygen atoms in total. The van der Waals surface area contributed by atoms with Gasteiger partial charge in [-0.25, -0.2) is 18.5 Å². The van der Waals surface area contributed by atoms with Crippen LogP contribution in [0.1, 0.15) is 24.1 Å². The topological polar surface area (TPSA) is 124 Å². The Bertz CT molecular complexity index is 753. The zero-order valence-electron chi connectivity index (χ0n) is 11.9. The van der Waals surface area contributed by atoms with Crippen molar-refractivity contribution in [1.29, 1.82) is 0 Å². The van der Waals surface area contributed by atoms with Crippen LogP contribution in [0, 0.1) is 6.92 Å². The first kappa shape index (κ1) is 15.3. The minimum atomic E-state index is -3.82. The van der Waals surface area contributed by atoms with Crippen molar-refractivity contribution in [2.75, 3.05) is 11.1 Å². The lowest BCUT2D eigenvalue weighted by Crippen LogP contribution is -2.15. The molecule has 0 atom stereocenters. The van der Waals surface area contributed by atoms with Crippen molar-refractivity contribution in [1.82, 2.24) is 4.98 Å². The van der Waals surface area contributed by atoms with Crippen molar-refractivity contribution < 1.29 is 12.8 Å². The summed E-state index contributed by atoms with van der Waals surface area (Å²) in [5.74, 6) is 1.31. The van der Waals surface area contributed by atoms with E-state index in [-0.39, 0.29) is 4.90 Å². The van der Waals surface area contributed by atoms with Crippen LogP contribution in [0.5, 0.6) is 0 Å². The van der Waals surface area contributed by atoms with Crippen LogP contribution in [0.4, 0.5) is 11.4 Å². The smallest absolute Gasteiger partial charge is 0.238 e. The molecule has 0 bridgehead atoms. The van der Waals surface area contributed by atoms with E-state index in [0.717, 1.165) is 12.2 Å². The van der Waals surface area contributed by atoms with Gasteiger partial charge in [-0.2, -0.15) is 0 Å².